The molecular formula is C24H36O4. The normalized spacial score (nSPS) is 51.3. The smallest absolute Gasteiger partial charge is 0.174 e. The lowest BCUT2D eigenvalue weighted by Gasteiger charge is -2.62. The molecule has 6 fully saturated rings. The molecule has 0 aromatic carbocycles. The molecular weight excluding hydrogens is 352 g/mol. The van der Waals surface area contributed by atoms with E-state index in [1.165, 1.54) is 37.7 Å². The highest BCUT2D eigenvalue weighted by Crippen LogP contribution is 2.70. The second-order valence-electron chi connectivity index (χ2n) is 11.1. The molecule has 0 amide bonds. The van der Waals surface area contributed by atoms with Gasteiger partial charge in [-0.05, 0) is 61.2 Å². The van der Waals surface area contributed by atoms with Crippen molar-refractivity contribution in [3.8, 4) is 0 Å². The fraction of sp³-hybridized carbons (Fsp3) is 0.917. The van der Waals surface area contributed by atoms with Crippen LogP contribution in [0.25, 0.3) is 0 Å². The fourth-order valence-electron chi connectivity index (χ4n) is 8.82. The van der Waals surface area contributed by atoms with Gasteiger partial charge < -0.3 is 18.9 Å². The van der Waals surface area contributed by atoms with Crippen LogP contribution in [0, 0.1) is 34.5 Å². The molecule has 0 aromatic heterocycles. The Bertz CT molecular complexity index is 676. The molecule has 4 nitrogen and oxygen atoms in total. The summed E-state index contributed by atoms with van der Waals surface area (Å²) in [6, 6.07) is 0. The van der Waals surface area contributed by atoms with E-state index in [2.05, 4.69) is 20.4 Å². The molecule has 28 heavy (non-hydrogen) atoms. The maximum absolute atomic E-state index is 6.30. The van der Waals surface area contributed by atoms with Crippen molar-refractivity contribution in [2.24, 2.45) is 34.5 Å². The predicted octanol–water partition coefficient (Wildman–Crippen LogP) is 4.68. The Morgan fingerprint density at radius 1 is 0.821 bits per heavy atom. The molecule has 6 aliphatic rings. The predicted molar refractivity (Wildman–Crippen MR) is 106 cm³/mol. The zero-order chi connectivity index (χ0) is 19.2. The summed E-state index contributed by atoms with van der Waals surface area (Å²) in [7, 11) is 0. The van der Waals surface area contributed by atoms with Gasteiger partial charge in [0.15, 0.2) is 11.6 Å². The number of ether oxygens (including phenoxy) is 4. The van der Waals surface area contributed by atoms with Crippen molar-refractivity contribution in [1.82, 2.24) is 0 Å². The lowest BCUT2D eigenvalue weighted by molar-refractivity contribution is -0.252. The summed E-state index contributed by atoms with van der Waals surface area (Å²) in [5.41, 5.74) is 1.97. The van der Waals surface area contributed by atoms with Crippen LogP contribution < -0.4 is 0 Å². The third-order valence-electron chi connectivity index (χ3n) is 10.2. The first-order valence-electron chi connectivity index (χ1n) is 11.7. The number of hydrogen-bond donors (Lipinski definition) is 0. The Balaban J connectivity index is 1.31. The van der Waals surface area contributed by atoms with E-state index in [9.17, 15) is 0 Å². The molecule has 6 atom stereocenters. The maximum Gasteiger partial charge on any atom is 0.174 e. The lowest BCUT2D eigenvalue weighted by Crippen LogP contribution is -2.58. The summed E-state index contributed by atoms with van der Waals surface area (Å²) in [4.78, 5) is 0. The monoisotopic (exact) mass is 388 g/mol. The highest BCUT2D eigenvalue weighted by molar-refractivity contribution is 5.22. The van der Waals surface area contributed by atoms with Crippen LogP contribution in [0.4, 0.5) is 0 Å². The minimum absolute atomic E-state index is 0.168. The van der Waals surface area contributed by atoms with E-state index in [0.717, 1.165) is 57.5 Å². The van der Waals surface area contributed by atoms with Crippen molar-refractivity contribution < 1.29 is 18.9 Å². The second kappa shape index (κ2) is 5.84. The van der Waals surface area contributed by atoms with Gasteiger partial charge in [0.2, 0.25) is 0 Å². The summed E-state index contributed by atoms with van der Waals surface area (Å²) in [5.74, 6) is 2.15. The van der Waals surface area contributed by atoms with Crippen LogP contribution in [-0.2, 0) is 18.9 Å². The van der Waals surface area contributed by atoms with E-state index >= 15 is 0 Å². The highest BCUT2D eigenvalue weighted by atomic mass is 16.7. The van der Waals surface area contributed by atoms with Crippen molar-refractivity contribution in [2.45, 2.75) is 76.8 Å². The van der Waals surface area contributed by atoms with Crippen LogP contribution in [0.5, 0.6) is 0 Å². The largest absolute Gasteiger partial charge is 0.348 e. The molecule has 0 N–H and O–H groups in total. The number of hydrogen-bond acceptors (Lipinski definition) is 4. The Hall–Kier alpha value is -0.420. The summed E-state index contributed by atoms with van der Waals surface area (Å²) in [6.07, 6.45) is 9.33. The van der Waals surface area contributed by atoms with Gasteiger partial charge in [-0.15, -0.1) is 0 Å². The first-order chi connectivity index (χ1) is 13.4. The van der Waals surface area contributed by atoms with Crippen LogP contribution >= 0.6 is 0 Å². The zero-order valence-corrected chi connectivity index (χ0v) is 17.6. The van der Waals surface area contributed by atoms with Crippen LogP contribution in [0.15, 0.2) is 12.2 Å². The SMILES string of the molecule is C=C1C[C@@H]2[C@H](CC[C@@]3(C)[C@H]2CCC32OCCO2)[C@@]2(C)CCC3(CC12)OCCO3. The summed E-state index contributed by atoms with van der Waals surface area (Å²) in [5, 5.41) is 0. The second-order valence-corrected chi connectivity index (χ2v) is 11.1. The van der Waals surface area contributed by atoms with E-state index in [0.29, 0.717) is 17.3 Å². The minimum atomic E-state index is -0.313. The van der Waals surface area contributed by atoms with Crippen LogP contribution in [0.1, 0.15) is 65.2 Å². The van der Waals surface area contributed by atoms with E-state index in [4.69, 9.17) is 18.9 Å². The van der Waals surface area contributed by atoms with Gasteiger partial charge in [-0.1, -0.05) is 26.0 Å². The molecule has 0 radical (unpaired) electrons. The van der Waals surface area contributed by atoms with Crippen molar-refractivity contribution in [2.75, 3.05) is 26.4 Å². The first-order valence-corrected chi connectivity index (χ1v) is 11.7. The molecule has 2 saturated heterocycles. The molecule has 6 rings (SSSR count). The van der Waals surface area contributed by atoms with E-state index < -0.39 is 0 Å². The molecule has 0 bridgehead atoms. The third kappa shape index (κ3) is 2.16. The van der Waals surface area contributed by atoms with Gasteiger partial charge in [-0.3, -0.25) is 0 Å². The molecule has 4 aliphatic carbocycles. The molecule has 4 saturated carbocycles. The van der Waals surface area contributed by atoms with Crippen molar-refractivity contribution in [1.29, 1.82) is 0 Å². The lowest BCUT2D eigenvalue weighted by atomic mass is 9.44. The summed E-state index contributed by atoms with van der Waals surface area (Å²) >= 11 is 0. The standard InChI is InChI=1S/C24H36O4/c1-16-14-17-18(21(2)8-9-23(15-20(16)21)25-10-11-26-23)4-6-22(3)19(17)5-7-24(22)27-12-13-28-24/h17-20H,1,4-15H2,2-3H3/t17-,18+,19+,20?,21-,22+/m1/s1. The Morgan fingerprint density at radius 2 is 1.50 bits per heavy atom. The van der Waals surface area contributed by atoms with E-state index in [1.54, 1.807) is 0 Å². The van der Waals surface area contributed by atoms with Gasteiger partial charge in [-0.25, -0.2) is 0 Å². The van der Waals surface area contributed by atoms with Gasteiger partial charge in [0.1, 0.15) is 0 Å². The Labute approximate surface area is 169 Å². The molecule has 2 aliphatic heterocycles. The Kier molecular flexibility index (Phi) is 3.83. The van der Waals surface area contributed by atoms with Crippen molar-refractivity contribution in [3.05, 3.63) is 12.2 Å². The average molecular weight is 389 g/mol. The average Bonchev–Trinajstić information content (AvgIpc) is 3.39. The number of rotatable bonds is 0. The quantitative estimate of drug-likeness (QED) is 0.565. The van der Waals surface area contributed by atoms with Crippen molar-refractivity contribution >= 4 is 0 Å². The van der Waals surface area contributed by atoms with Crippen LogP contribution in [0.3, 0.4) is 0 Å². The third-order valence-corrected chi connectivity index (χ3v) is 10.2. The molecule has 0 aromatic rings. The minimum Gasteiger partial charge on any atom is -0.348 e. The number of fused-ring (bicyclic) bond motifs is 6. The summed E-state index contributed by atoms with van der Waals surface area (Å²) < 4.78 is 24.8. The maximum atomic E-state index is 6.30. The molecule has 2 spiro atoms. The summed E-state index contributed by atoms with van der Waals surface area (Å²) in [6.45, 7) is 12.7. The molecule has 156 valence electrons. The van der Waals surface area contributed by atoms with Gasteiger partial charge in [-0.2, -0.15) is 0 Å². The van der Waals surface area contributed by atoms with E-state index in [1.807, 2.05) is 0 Å². The van der Waals surface area contributed by atoms with Crippen molar-refractivity contribution in [3.63, 3.8) is 0 Å². The van der Waals surface area contributed by atoms with Crippen LogP contribution in [-0.4, -0.2) is 38.0 Å². The molecule has 4 heteroatoms. The topological polar surface area (TPSA) is 36.9 Å². The fourth-order valence-corrected chi connectivity index (χ4v) is 8.82. The van der Waals surface area contributed by atoms with Gasteiger partial charge >= 0.3 is 0 Å². The van der Waals surface area contributed by atoms with Gasteiger partial charge in [0, 0.05) is 24.7 Å². The highest BCUT2D eigenvalue weighted by Gasteiger charge is 2.68. The van der Waals surface area contributed by atoms with E-state index in [-0.39, 0.29) is 17.0 Å². The van der Waals surface area contributed by atoms with Gasteiger partial charge in [0.05, 0.1) is 26.4 Å². The molecule has 1 unspecified atom stereocenters. The van der Waals surface area contributed by atoms with Gasteiger partial charge in [0.25, 0.3) is 0 Å². The first kappa shape index (κ1) is 18.4. The van der Waals surface area contributed by atoms with Crippen LogP contribution in [0.2, 0.25) is 0 Å². The Morgan fingerprint density at radius 3 is 2.25 bits per heavy atom. The number of allylic oxidation sites excluding steroid dienone is 1. The molecule has 2 heterocycles. The zero-order valence-electron chi connectivity index (χ0n) is 17.6.